The Morgan fingerprint density at radius 1 is 0.694 bits per heavy atom. The van der Waals surface area contributed by atoms with Gasteiger partial charge in [0.2, 0.25) is 5.91 Å². The van der Waals surface area contributed by atoms with Crippen LogP contribution in [0.1, 0.15) is 142 Å². The Kier molecular flexibility index (Phi) is 28.5. The van der Waals surface area contributed by atoms with Crippen LogP contribution in [0.4, 0.5) is 0 Å². The van der Waals surface area contributed by atoms with Gasteiger partial charge in [-0.05, 0) is 57.8 Å². The van der Waals surface area contributed by atoms with E-state index in [0.717, 1.165) is 57.8 Å². The summed E-state index contributed by atoms with van der Waals surface area (Å²) >= 11 is 0. The maximum absolute atomic E-state index is 12.8. The highest BCUT2D eigenvalue weighted by molar-refractivity contribution is 5.76. The third-order valence-electron chi connectivity index (χ3n) is 8.86. The predicted molar refractivity (Wildman–Crippen MR) is 198 cm³/mol. The fourth-order valence-corrected chi connectivity index (χ4v) is 5.68. The topological polar surface area (TPSA) is 149 Å². The molecule has 0 bridgehead atoms. The Morgan fingerprint density at radius 3 is 1.90 bits per heavy atom. The van der Waals surface area contributed by atoms with Gasteiger partial charge in [0, 0.05) is 6.42 Å². The van der Waals surface area contributed by atoms with Crippen molar-refractivity contribution in [2.45, 2.75) is 185 Å². The molecule has 9 heteroatoms. The van der Waals surface area contributed by atoms with Gasteiger partial charge in [-0.3, -0.25) is 4.79 Å². The van der Waals surface area contributed by atoms with Crippen LogP contribution in [0, 0.1) is 0 Å². The molecule has 1 fully saturated rings. The first-order valence-corrected chi connectivity index (χ1v) is 19.4. The number of ether oxygens (including phenoxy) is 2. The molecule has 0 spiro atoms. The van der Waals surface area contributed by atoms with Gasteiger partial charge in [-0.2, -0.15) is 0 Å². The predicted octanol–water partition coefficient (Wildman–Crippen LogP) is 6.72. The first kappa shape index (κ1) is 45.2. The molecule has 0 aromatic carbocycles. The fraction of sp³-hybridized carbons (Fsp3) is 0.775. The molecule has 7 unspecified atom stereocenters. The summed E-state index contributed by atoms with van der Waals surface area (Å²) < 4.78 is 11.1. The Hall–Kier alpha value is -1.85. The van der Waals surface area contributed by atoms with Gasteiger partial charge < -0.3 is 40.3 Å². The second-order valence-electron chi connectivity index (χ2n) is 13.4. The molecule has 0 aromatic heterocycles. The van der Waals surface area contributed by atoms with E-state index >= 15 is 0 Å². The highest BCUT2D eigenvalue weighted by Gasteiger charge is 2.44. The number of nitrogens with one attached hydrogen (secondary N) is 1. The number of carbonyl (C=O) groups is 1. The van der Waals surface area contributed by atoms with E-state index in [1.54, 1.807) is 6.08 Å². The molecular weight excluding hydrogens is 622 g/mol. The van der Waals surface area contributed by atoms with Crippen LogP contribution in [-0.2, 0) is 14.3 Å². The molecule has 1 amide bonds. The highest BCUT2D eigenvalue weighted by atomic mass is 16.7. The molecule has 1 aliphatic heterocycles. The Balaban J connectivity index is 2.34. The molecular formula is C40H71NO8. The zero-order valence-electron chi connectivity index (χ0n) is 30.7. The molecule has 1 heterocycles. The van der Waals surface area contributed by atoms with Gasteiger partial charge >= 0.3 is 0 Å². The number of aliphatic hydroxyl groups is 5. The van der Waals surface area contributed by atoms with Crippen LogP contribution >= 0.6 is 0 Å². The number of carbonyl (C=O) groups excluding carboxylic acids is 1. The average molecular weight is 694 g/mol. The number of unbranched alkanes of at least 4 members (excludes halogenated alkanes) is 14. The second-order valence-corrected chi connectivity index (χ2v) is 13.4. The zero-order valence-corrected chi connectivity index (χ0v) is 30.7. The molecule has 0 radical (unpaired) electrons. The largest absolute Gasteiger partial charge is 0.394 e. The van der Waals surface area contributed by atoms with E-state index in [-0.39, 0.29) is 12.5 Å². The lowest BCUT2D eigenvalue weighted by Gasteiger charge is -2.40. The number of hydrogen-bond acceptors (Lipinski definition) is 8. The van der Waals surface area contributed by atoms with Gasteiger partial charge in [-0.15, -0.1) is 0 Å². The first-order valence-electron chi connectivity index (χ1n) is 19.4. The maximum atomic E-state index is 12.8. The van der Waals surface area contributed by atoms with E-state index in [4.69, 9.17) is 9.47 Å². The Morgan fingerprint density at radius 2 is 1.27 bits per heavy atom. The monoisotopic (exact) mass is 694 g/mol. The number of aliphatic hydroxyl groups excluding tert-OH is 5. The number of allylic oxidation sites excluding steroid dienone is 7. The summed E-state index contributed by atoms with van der Waals surface area (Å²) in [5.74, 6) is -0.200. The highest BCUT2D eigenvalue weighted by Crippen LogP contribution is 2.22. The van der Waals surface area contributed by atoms with Crippen LogP contribution in [0.2, 0.25) is 0 Å². The van der Waals surface area contributed by atoms with Crippen LogP contribution < -0.4 is 5.32 Å². The smallest absolute Gasteiger partial charge is 0.220 e. The summed E-state index contributed by atoms with van der Waals surface area (Å²) in [5, 5.41) is 53.6. The van der Waals surface area contributed by atoms with Gasteiger partial charge in [-0.25, -0.2) is 0 Å². The van der Waals surface area contributed by atoms with Crippen LogP contribution in [0.5, 0.6) is 0 Å². The summed E-state index contributed by atoms with van der Waals surface area (Å²) in [5.41, 5.74) is 0. The molecule has 7 atom stereocenters. The van der Waals surface area contributed by atoms with Crippen molar-refractivity contribution in [2.24, 2.45) is 0 Å². The normalized spacial score (nSPS) is 23.0. The van der Waals surface area contributed by atoms with Crippen molar-refractivity contribution in [3.63, 3.8) is 0 Å². The van der Waals surface area contributed by atoms with E-state index in [9.17, 15) is 30.3 Å². The molecule has 0 aromatic rings. The van der Waals surface area contributed by atoms with Gasteiger partial charge in [0.1, 0.15) is 24.4 Å². The average Bonchev–Trinajstić information content (AvgIpc) is 3.10. The van der Waals surface area contributed by atoms with Crippen LogP contribution in [0.3, 0.4) is 0 Å². The maximum Gasteiger partial charge on any atom is 0.220 e. The van der Waals surface area contributed by atoms with Crippen LogP contribution in [0.15, 0.2) is 48.6 Å². The number of rotatable bonds is 30. The summed E-state index contributed by atoms with van der Waals surface area (Å²) in [6.45, 7) is 3.59. The van der Waals surface area contributed by atoms with Gasteiger partial charge in [0.25, 0.3) is 0 Å². The Bertz CT molecular complexity index is 905. The lowest BCUT2D eigenvalue weighted by Crippen LogP contribution is -2.60. The summed E-state index contributed by atoms with van der Waals surface area (Å²) in [4.78, 5) is 12.8. The third kappa shape index (κ3) is 22.6. The van der Waals surface area contributed by atoms with Crippen molar-refractivity contribution in [2.75, 3.05) is 13.2 Å². The van der Waals surface area contributed by atoms with Crippen molar-refractivity contribution >= 4 is 5.91 Å². The van der Waals surface area contributed by atoms with Crippen molar-refractivity contribution < 1.29 is 39.8 Å². The van der Waals surface area contributed by atoms with Crippen LogP contribution in [-0.4, -0.2) is 87.5 Å². The minimum Gasteiger partial charge on any atom is -0.394 e. The SMILES string of the molecule is CCC/C=C/CC/C=C/C(O)C(COC1OC(CO)C(O)C(O)C1O)NC(=O)CCCCCCCCCCC/C=C\C/C=C\CCCCC. The summed E-state index contributed by atoms with van der Waals surface area (Å²) in [6, 6.07) is -0.820. The third-order valence-corrected chi connectivity index (χ3v) is 8.86. The molecule has 9 nitrogen and oxygen atoms in total. The molecule has 1 saturated heterocycles. The van der Waals surface area contributed by atoms with Crippen molar-refractivity contribution in [3.05, 3.63) is 48.6 Å². The fourth-order valence-electron chi connectivity index (χ4n) is 5.68. The molecule has 6 N–H and O–H groups in total. The molecule has 1 rings (SSSR count). The van der Waals surface area contributed by atoms with E-state index < -0.39 is 49.5 Å². The minimum atomic E-state index is -1.57. The first-order chi connectivity index (χ1) is 23.8. The summed E-state index contributed by atoms with van der Waals surface area (Å²) in [7, 11) is 0. The molecule has 0 aliphatic carbocycles. The van der Waals surface area contributed by atoms with E-state index in [1.165, 1.54) is 64.2 Å². The van der Waals surface area contributed by atoms with Gasteiger partial charge in [0.05, 0.1) is 25.4 Å². The van der Waals surface area contributed by atoms with E-state index in [2.05, 4.69) is 55.6 Å². The standard InChI is InChI=1S/C40H71NO8/c1-3-5-7-9-11-12-13-14-15-16-17-18-19-20-21-22-24-26-28-30-36(44)41-33(34(43)29-27-25-23-10-8-6-4-2)32-48-40-39(47)38(46)37(45)35(31-42)49-40/h8,10-12,14-15,27,29,33-35,37-40,42-43,45-47H,3-7,9,13,16-26,28,30-32H2,1-2H3,(H,41,44)/b10-8+,12-11-,15-14-,29-27+. The zero-order chi connectivity index (χ0) is 36.0. The van der Waals surface area contributed by atoms with E-state index in [0.29, 0.717) is 6.42 Å². The lowest BCUT2D eigenvalue weighted by molar-refractivity contribution is -0.302. The van der Waals surface area contributed by atoms with Crippen molar-refractivity contribution in [1.29, 1.82) is 0 Å². The van der Waals surface area contributed by atoms with Gasteiger partial charge in [0.15, 0.2) is 6.29 Å². The lowest BCUT2D eigenvalue weighted by atomic mass is 9.99. The van der Waals surface area contributed by atoms with Crippen molar-refractivity contribution in [3.8, 4) is 0 Å². The van der Waals surface area contributed by atoms with Crippen LogP contribution in [0.25, 0.3) is 0 Å². The molecule has 284 valence electrons. The second kappa shape index (κ2) is 30.9. The van der Waals surface area contributed by atoms with E-state index in [1.807, 2.05) is 6.08 Å². The summed E-state index contributed by atoms with van der Waals surface area (Å²) in [6.07, 6.45) is 30.4. The molecule has 1 aliphatic rings. The van der Waals surface area contributed by atoms with Gasteiger partial charge in [-0.1, -0.05) is 127 Å². The Labute approximate surface area is 297 Å². The van der Waals surface area contributed by atoms with Crippen molar-refractivity contribution in [1.82, 2.24) is 5.32 Å². The molecule has 49 heavy (non-hydrogen) atoms. The minimum absolute atomic E-state index is 0.200. The molecule has 0 saturated carbocycles. The quantitative estimate of drug-likeness (QED) is 0.0359. The number of hydrogen-bond donors (Lipinski definition) is 6. The number of amides is 1.